The number of nitrogens with zero attached hydrogens (tertiary/aromatic N) is 1. The van der Waals surface area contributed by atoms with Crippen molar-refractivity contribution in [1.82, 2.24) is 0 Å². The molecule has 0 bridgehead atoms. The first-order valence-corrected chi connectivity index (χ1v) is 5.81. The molecule has 2 aliphatic rings. The second kappa shape index (κ2) is 3.93. The minimum absolute atomic E-state index is 0.265. The number of hydrogen-bond acceptors (Lipinski definition) is 4. The number of amides is 1. The van der Waals surface area contributed by atoms with Gasteiger partial charge < -0.3 is 20.4 Å². The lowest BCUT2D eigenvalue weighted by Crippen LogP contribution is -2.22. The van der Waals surface area contributed by atoms with Gasteiger partial charge in [-0.1, -0.05) is 0 Å². The van der Waals surface area contributed by atoms with Crippen LogP contribution in [0.15, 0.2) is 12.1 Å². The summed E-state index contributed by atoms with van der Waals surface area (Å²) in [5, 5.41) is 21.5. The zero-order valence-electron chi connectivity index (χ0n) is 9.56. The smallest absolute Gasteiger partial charge is 0.257 e. The van der Waals surface area contributed by atoms with Crippen molar-refractivity contribution < 1.29 is 19.4 Å². The standard InChI is InChI=1S/C12H13FN2O3/c13-8-3-7-9(14-12(18)11(7)17)4-10(8)15-2-1-6(16)5-15/h3-4,6,11,16-17H,1-2,5H2,(H,14,18). The number of halogens is 1. The van der Waals surface area contributed by atoms with Gasteiger partial charge >= 0.3 is 0 Å². The fourth-order valence-corrected chi connectivity index (χ4v) is 2.46. The van der Waals surface area contributed by atoms with Crippen molar-refractivity contribution in [3.63, 3.8) is 0 Å². The Hall–Kier alpha value is -1.66. The molecule has 2 aliphatic heterocycles. The number of rotatable bonds is 1. The average molecular weight is 252 g/mol. The monoisotopic (exact) mass is 252 g/mol. The molecular formula is C12H13FN2O3. The number of fused-ring (bicyclic) bond motifs is 1. The van der Waals surface area contributed by atoms with Crippen LogP contribution in [-0.2, 0) is 4.79 Å². The second-order valence-corrected chi connectivity index (χ2v) is 4.67. The highest BCUT2D eigenvalue weighted by Gasteiger charge is 2.31. The zero-order valence-corrected chi connectivity index (χ0v) is 9.56. The lowest BCUT2D eigenvalue weighted by atomic mass is 10.1. The van der Waals surface area contributed by atoms with Crippen molar-refractivity contribution in [2.75, 3.05) is 23.3 Å². The Morgan fingerprint density at radius 3 is 2.83 bits per heavy atom. The lowest BCUT2D eigenvalue weighted by Gasteiger charge is -2.19. The van der Waals surface area contributed by atoms with Gasteiger partial charge in [0.2, 0.25) is 0 Å². The van der Waals surface area contributed by atoms with Crippen molar-refractivity contribution >= 4 is 17.3 Å². The first kappa shape index (κ1) is 11.4. The molecule has 2 unspecified atom stereocenters. The van der Waals surface area contributed by atoms with Gasteiger partial charge in [0, 0.05) is 24.3 Å². The summed E-state index contributed by atoms with van der Waals surface area (Å²) in [5.41, 5.74) is 1.05. The molecule has 2 heterocycles. The molecule has 1 saturated heterocycles. The van der Waals surface area contributed by atoms with Crippen LogP contribution in [0.25, 0.3) is 0 Å². The van der Waals surface area contributed by atoms with Crippen LogP contribution in [0.1, 0.15) is 18.1 Å². The maximum absolute atomic E-state index is 14.0. The van der Waals surface area contributed by atoms with Crippen molar-refractivity contribution in [2.24, 2.45) is 0 Å². The van der Waals surface area contributed by atoms with E-state index in [0.717, 1.165) is 0 Å². The van der Waals surface area contributed by atoms with Gasteiger partial charge in [-0.15, -0.1) is 0 Å². The van der Waals surface area contributed by atoms with Crippen LogP contribution in [0.2, 0.25) is 0 Å². The quantitative estimate of drug-likeness (QED) is 0.675. The molecular weight excluding hydrogens is 239 g/mol. The van der Waals surface area contributed by atoms with Crippen LogP contribution in [-0.4, -0.2) is 35.3 Å². The number of aliphatic hydroxyl groups excluding tert-OH is 2. The van der Waals surface area contributed by atoms with Crippen molar-refractivity contribution in [2.45, 2.75) is 18.6 Å². The second-order valence-electron chi connectivity index (χ2n) is 4.67. The molecule has 96 valence electrons. The Bertz CT molecular complexity index is 520. The molecule has 1 amide bonds. The highest BCUT2D eigenvalue weighted by Crippen LogP contribution is 2.36. The number of anilines is 2. The topological polar surface area (TPSA) is 72.8 Å². The van der Waals surface area contributed by atoms with Gasteiger partial charge in [-0.05, 0) is 18.6 Å². The summed E-state index contributed by atoms with van der Waals surface area (Å²) < 4.78 is 14.0. The Labute approximate surface area is 103 Å². The van der Waals surface area contributed by atoms with Crippen LogP contribution in [0.5, 0.6) is 0 Å². The number of nitrogens with one attached hydrogen (secondary N) is 1. The van der Waals surface area contributed by atoms with Crippen molar-refractivity contribution in [3.05, 3.63) is 23.5 Å². The first-order chi connectivity index (χ1) is 8.56. The van der Waals surface area contributed by atoms with Gasteiger partial charge in [0.05, 0.1) is 11.8 Å². The molecule has 5 nitrogen and oxygen atoms in total. The lowest BCUT2D eigenvalue weighted by molar-refractivity contribution is -0.123. The molecule has 6 heteroatoms. The van der Waals surface area contributed by atoms with E-state index in [-0.39, 0.29) is 5.56 Å². The Morgan fingerprint density at radius 1 is 1.39 bits per heavy atom. The highest BCUT2D eigenvalue weighted by atomic mass is 19.1. The third-order valence-electron chi connectivity index (χ3n) is 3.42. The van der Waals surface area contributed by atoms with Gasteiger partial charge in [0.1, 0.15) is 5.82 Å². The summed E-state index contributed by atoms with van der Waals surface area (Å²) in [6.07, 6.45) is -1.14. The maximum atomic E-state index is 14.0. The van der Waals surface area contributed by atoms with Crippen LogP contribution in [0.4, 0.5) is 15.8 Å². The SMILES string of the molecule is O=C1Nc2cc(N3CCC(O)C3)c(F)cc2C1O. The van der Waals surface area contributed by atoms with Gasteiger partial charge in [0.25, 0.3) is 5.91 Å². The summed E-state index contributed by atoms with van der Waals surface area (Å²) in [6.45, 7) is 0.958. The van der Waals surface area contributed by atoms with Crippen molar-refractivity contribution in [3.8, 4) is 0 Å². The van der Waals surface area contributed by atoms with E-state index >= 15 is 0 Å². The highest BCUT2D eigenvalue weighted by molar-refractivity contribution is 6.02. The Kier molecular flexibility index (Phi) is 2.49. The largest absolute Gasteiger partial charge is 0.391 e. The molecule has 0 radical (unpaired) electrons. The minimum Gasteiger partial charge on any atom is -0.391 e. The predicted octanol–water partition coefficient (Wildman–Crippen LogP) is 0.382. The van der Waals surface area contributed by atoms with Crippen LogP contribution in [0, 0.1) is 5.82 Å². The molecule has 2 atom stereocenters. The molecule has 0 aromatic heterocycles. The van der Waals surface area contributed by atoms with E-state index in [0.29, 0.717) is 30.9 Å². The zero-order chi connectivity index (χ0) is 12.9. The van der Waals surface area contributed by atoms with E-state index in [1.165, 1.54) is 12.1 Å². The number of β-amino-alcohol motifs (C(OH)–C–C–N with tert-alkyl or cyclic N) is 1. The summed E-state index contributed by atoms with van der Waals surface area (Å²) >= 11 is 0. The fraction of sp³-hybridized carbons (Fsp3) is 0.417. The van der Waals surface area contributed by atoms with Gasteiger partial charge in [0.15, 0.2) is 6.10 Å². The van der Waals surface area contributed by atoms with E-state index in [1.807, 2.05) is 0 Å². The number of carbonyl (C=O) groups excluding carboxylic acids is 1. The molecule has 1 aromatic carbocycles. The fourth-order valence-electron chi connectivity index (χ4n) is 2.46. The van der Waals surface area contributed by atoms with Crippen molar-refractivity contribution in [1.29, 1.82) is 0 Å². The van der Waals surface area contributed by atoms with E-state index in [4.69, 9.17) is 0 Å². The molecule has 1 aromatic rings. The van der Waals surface area contributed by atoms with E-state index in [9.17, 15) is 19.4 Å². The third kappa shape index (κ3) is 1.65. The number of aliphatic hydroxyl groups is 2. The van der Waals surface area contributed by atoms with E-state index in [2.05, 4.69) is 5.32 Å². The Morgan fingerprint density at radius 2 is 2.17 bits per heavy atom. The van der Waals surface area contributed by atoms with Gasteiger partial charge in [-0.2, -0.15) is 0 Å². The van der Waals surface area contributed by atoms with Gasteiger partial charge in [-0.3, -0.25) is 4.79 Å². The third-order valence-corrected chi connectivity index (χ3v) is 3.42. The van der Waals surface area contributed by atoms with Crippen LogP contribution < -0.4 is 10.2 Å². The van der Waals surface area contributed by atoms with Crippen LogP contribution in [0.3, 0.4) is 0 Å². The molecule has 0 saturated carbocycles. The summed E-state index contributed by atoms with van der Waals surface area (Å²) in [6, 6.07) is 2.69. The van der Waals surface area contributed by atoms with E-state index in [1.54, 1.807) is 4.90 Å². The molecule has 3 rings (SSSR count). The molecule has 0 spiro atoms. The average Bonchev–Trinajstić information content (AvgIpc) is 2.86. The first-order valence-electron chi connectivity index (χ1n) is 5.81. The van der Waals surface area contributed by atoms with Gasteiger partial charge in [-0.25, -0.2) is 4.39 Å². The molecule has 18 heavy (non-hydrogen) atoms. The normalized spacial score (nSPS) is 26.4. The summed E-state index contributed by atoms with van der Waals surface area (Å²) in [7, 11) is 0. The molecule has 1 fully saturated rings. The summed E-state index contributed by atoms with van der Waals surface area (Å²) in [5.74, 6) is -1.03. The number of hydrogen-bond donors (Lipinski definition) is 3. The molecule has 0 aliphatic carbocycles. The summed E-state index contributed by atoms with van der Waals surface area (Å²) in [4.78, 5) is 13.0. The predicted molar refractivity (Wildman–Crippen MR) is 62.8 cm³/mol. The number of benzene rings is 1. The Balaban J connectivity index is 1.98. The maximum Gasteiger partial charge on any atom is 0.257 e. The van der Waals surface area contributed by atoms with E-state index < -0.39 is 23.9 Å². The number of carbonyl (C=O) groups is 1. The minimum atomic E-state index is -1.30. The van der Waals surface area contributed by atoms with Crippen LogP contribution >= 0.6 is 0 Å². The molecule has 3 N–H and O–H groups in total.